The zero-order valence-corrected chi connectivity index (χ0v) is 17.7. The molecule has 160 valence electrons. The minimum Gasteiger partial charge on any atom is -0.383 e. The van der Waals surface area contributed by atoms with Gasteiger partial charge in [0.2, 0.25) is 11.9 Å². The van der Waals surface area contributed by atoms with Crippen LogP contribution in [0.15, 0.2) is 60.7 Å². The zero-order valence-electron chi connectivity index (χ0n) is 17.7. The van der Waals surface area contributed by atoms with E-state index in [0.717, 1.165) is 35.4 Å². The third-order valence-electron chi connectivity index (χ3n) is 5.53. The van der Waals surface area contributed by atoms with Crippen LogP contribution in [0.1, 0.15) is 19.3 Å². The van der Waals surface area contributed by atoms with E-state index in [0.29, 0.717) is 32.1 Å². The summed E-state index contributed by atoms with van der Waals surface area (Å²) in [7, 11) is 1.66. The van der Waals surface area contributed by atoms with Crippen molar-refractivity contribution < 1.29 is 9.53 Å². The molecule has 1 aliphatic heterocycles. The topological polar surface area (TPSA) is 80.2 Å². The van der Waals surface area contributed by atoms with Crippen molar-refractivity contribution in [2.75, 3.05) is 32.1 Å². The molecule has 0 radical (unpaired) electrons. The van der Waals surface area contributed by atoms with E-state index in [2.05, 4.69) is 15.5 Å². The van der Waals surface area contributed by atoms with Crippen LogP contribution in [0.25, 0.3) is 22.5 Å². The average Bonchev–Trinajstić information content (AvgIpc) is 3.18. The fourth-order valence-electron chi connectivity index (χ4n) is 3.93. The Morgan fingerprint density at radius 3 is 2.35 bits per heavy atom. The number of anilines is 1. The monoisotopic (exact) mass is 417 g/mol. The molecule has 1 atom stereocenters. The maximum atomic E-state index is 12.1. The number of carbonyl (C=O) groups is 1. The summed E-state index contributed by atoms with van der Waals surface area (Å²) >= 11 is 0. The normalized spacial score (nSPS) is 16.0. The maximum absolute atomic E-state index is 12.1. The van der Waals surface area contributed by atoms with Gasteiger partial charge in [0.15, 0.2) is 0 Å². The Morgan fingerprint density at radius 2 is 1.68 bits per heavy atom. The first kappa shape index (κ1) is 20.9. The van der Waals surface area contributed by atoms with Crippen LogP contribution in [-0.2, 0) is 9.53 Å². The number of likely N-dealkylation sites (tertiary alicyclic amines) is 1. The number of amides is 1. The van der Waals surface area contributed by atoms with Crippen LogP contribution in [0.4, 0.5) is 5.95 Å². The van der Waals surface area contributed by atoms with Gasteiger partial charge in [-0.25, -0.2) is 4.98 Å². The van der Waals surface area contributed by atoms with Gasteiger partial charge in [-0.2, -0.15) is 0 Å². The number of hydrogen-bond donors (Lipinski definition) is 1. The van der Waals surface area contributed by atoms with Crippen LogP contribution in [0.3, 0.4) is 0 Å². The molecule has 3 aromatic rings. The van der Waals surface area contributed by atoms with E-state index in [9.17, 15) is 4.79 Å². The molecule has 1 aromatic heterocycles. The van der Waals surface area contributed by atoms with Gasteiger partial charge in [-0.05, 0) is 12.8 Å². The van der Waals surface area contributed by atoms with Gasteiger partial charge in [-0.3, -0.25) is 4.79 Å². The van der Waals surface area contributed by atoms with Crippen LogP contribution in [0, 0.1) is 0 Å². The molecule has 1 fully saturated rings. The summed E-state index contributed by atoms with van der Waals surface area (Å²) in [6, 6.07) is 20.2. The van der Waals surface area contributed by atoms with Gasteiger partial charge in [0, 0.05) is 43.8 Å². The fraction of sp³-hybridized carbons (Fsp3) is 0.333. The summed E-state index contributed by atoms with van der Waals surface area (Å²) in [6.07, 6.45) is 2.32. The van der Waals surface area contributed by atoms with Crippen molar-refractivity contribution in [1.29, 1.82) is 0 Å². The molecule has 1 saturated heterocycles. The Balaban J connectivity index is 1.49. The average molecular weight is 418 g/mol. The molecule has 0 unspecified atom stereocenters. The van der Waals surface area contributed by atoms with Crippen LogP contribution >= 0.6 is 0 Å². The van der Waals surface area contributed by atoms with E-state index < -0.39 is 0 Å². The first-order chi connectivity index (χ1) is 15.3. The Bertz CT molecular complexity index is 997. The minimum absolute atomic E-state index is 0.207. The van der Waals surface area contributed by atoms with Crippen molar-refractivity contribution in [2.24, 2.45) is 0 Å². The van der Waals surface area contributed by atoms with E-state index in [-0.39, 0.29) is 11.9 Å². The largest absolute Gasteiger partial charge is 0.383 e. The number of hydrogen-bond acceptors (Lipinski definition) is 6. The summed E-state index contributed by atoms with van der Waals surface area (Å²) in [5.41, 5.74) is 3.52. The van der Waals surface area contributed by atoms with Crippen LogP contribution in [0.2, 0.25) is 0 Å². The third-order valence-corrected chi connectivity index (χ3v) is 5.53. The second-order valence-corrected chi connectivity index (χ2v) is 7.55. The fourth-order valence-corrected chi connectivity index (χ4v) is 3.93. The molecule has 1 amide bonds. The molecule has 0 saturated carbocycles. The highest BCUT2D eigenvalue weighted by Gasteiger charge is 2.30. The predicted octanol–water partition coefficient (Wildman–Crippen LogP) is 3.65. The standard InChI is InChI=1S/C24H27N5O2/c1-31-17-16-29-20(12-13-21(29)30)14-15-25-24-26-22(18-8-4-2-5-9-18)23(27-28-24)19-10-6-3-7-11-19/h2-11,20H,12-17H2,1H3,(H,25,26,28)/t20-/m0/s1. The summed E-state index contributed by atoms with van der Waals surface area (Å²) in [4.78, 5) is 18.8. The maximum Gasteiger partial charge on any atom is 0.243 e. The molecule has 1 aliphatic rings. The van der Waals surface area contributed by atoms with Gasteiger partial charge in [0.25, 0.3) is 0 Å². The van der Waals surface area contributed by atoms with Crippen LogP contribution in [-0.4, -0.2) is 58.8 Å². The number of carbonyl (C=O) groups excluding carboxylic acids is 1. The Morgan fingerprint density at radius 1 is 1.00 bits per heavy atom. The molecular formula is C24H27N5O2. The van der Waals surface area contributed by atoms with Crippen molar-refractivity contribution in [1.82, 2.24) is 20.1 Å². The highest BCUT2D eigenvalue weighted by atomic mass is 16.5. The second-order valence-electron chi connectivity index (χ2n) is 7.55. The first-order valence-electron chi connectivity index (χ1n) is 10.6. The third kappa shape index (κ3) is 5.06. The van der Waals surface area contributed by atoms with Crippen molar-refractivity contribution in [2.45, 2.75) is 25.3 Å². The van der Waals surface area contributed by atoms with E-state index in [1.807, 2.05) is 65.6 Å². The van der Waals surface area contributed by atoms with Gasteiger partial charge in [0.05, 0.1) is 6.61 Å². The van der Waals surface area contributed by atoms with Crippen molar-refractivity contribution in [3.05, 3.63) is 60.7 Å². The number of nitrogens with one attached hydrogen (secondary N) is 1. The lowest BCUT2D eigenvalue weighted by Crippen LogP contribution is -2.36. The SMILES string of the molecule is COCCN1C(=O)CC[C@H]1CCNc1nnc(-c2ccccc2)c(-c2ccccc2)n1. The second kappa shape index (κ2) is 10.1. The molecule has 7 heteroatoms. The number of nitrogens with zero attached hydrogens (tertiary/aromatic N) is 4. The number of ether oxygens (including phenoxy) is 1. The molecule has 4 rings (SSSR count). The highest BCUT2D eigenvalue weighted by Crippen LogP contribution is 2.29. The van der Waals surface area contributed by atoms with Crippen molar-refractivity contribution in [3.8, 4) is 22.5 Å². The molecule has 1 N–H and O–H groups in total. The van der Waals surface area contributed by atoms with Crippen LogP contribution in [0.5, 0.6) is 0 Å². The van der Waals surface area contributed by atoms with E-state index >= 15 is 0 Å². The molecular weight excluding hydrogens is 390 g/mol. The Kier molecular flexibility index (Phi) is 6.84. The van der Waals surface area contributed by atoms with Crippen molar-refractivity contribution >= 4 is 11.9 Å². The Labute approximate surface area is 182 Å². The quantitative estimate of drug-likeness (QED) is 0.573. The first-order valence-corrected chi connectivity index (χ1v) is 10.6. The number of rotatable bonds is 9. The molecule has 2 aromatic carbocycles. The van der Waals surface area contributed by atoms with E-state index in [1.54, 1.807) is 7.11 Å². The number of aromatic nitrogens is 3. The molecule has 7 nitrogen and oxygen atoms in total. The van der Waals surface area contributed by atoms with Gasteiger partial charge in [-0.1, -0.05) is 60.7 Å². The van der Waals surface area contributed by atoms with Gasteiger partial charge < -0.3 is 15.0 Å². The Hall–Kier alpha value is -3.32. The number of methoxy groups -OCH3 is 1. The minimum atomic E-state index is 0.207. The van der Waals surface area contributed by atoms with Gasteiger partial charge >= 0.3 is 0 Å². The lowest BCUT2D eigenvalue weighted by atomic mass is 10.0. The zero-order chi connectivity index (χ0) is 21.5. The molecule has 0 aliphatic carbocycles. The number of benzene rings is 2. The molecule has 0 spiro atoms. The lowest BCUT2D eigenvalue weighted by Gasteiger charge is -2.24. The van der Waals surface area contributed by atoms with Crippen molar-refractivity contribution in [3.63, 3.8) is 0 Å². The lowest BCUT2D eigenvalue weighted by molar-refractivity contribution is -0.129. The van der Waals surface area contributed by atoms with Gasteiger partial charge in [0.1, 0.15) is 11.4 Å². The smallest absolute Gasteiger partial charge is 0.243 e. The molecule has 0 bridgehead atoms. The molecule has 31 heavy (non-hydrogen) atoms. The summed E-state index contributed by atoms with van der Waals surface area (Å²) in [5, 5.41) is 12.1. The summed E-state index contributed by atoms with van der Waals surface area (Å²) < 4.78 is 5.14. The summed E-state index contributed by atoms with van der Waals surface area (Å²) in [5.74, 6) is 0.699. The van der Waals surface area contributed by atoms with Gasteiger partial charge in [-0.15, -0.1) is 10.2 Å². The predicted molar refractivity (Wildman–Crippen MR) is 120 cm³/mol. The summed E-state index contributed by atoms with van der Waals surface area (Å²) in [6.45, 7) is 1.87. The van der Waals surface area contributed by atoms with Crippen LogP contribution < -0.4 is 5.32 Å². The molecule has 2 heterocycles. The highest BCUT2D eigenvalue weighted by molar-refractivity contribution is 5.79. The van der Waals surface area contributed by atoms with E-state index in [4.69, 9.17) is 9.72 Å². The van der Waals surface area contributed by atoms with E-state index in [1.165, 1.54) is 0 Å².